The Morgan fingerprint density at radius 1 is 0.578 bits per heavy atom. The molecule has 4 heteroatoms. The van der Waals surface area contributed by atoms with Gasteiger partial charge in [-0.3, -0.25) is 4.68 Å². The van der Waals surface area contributed by atoms with Gasteiger partial charge in [0, 0.05) is 38.6 Å². The van der Waals surface area contributed by atoms with Gasteiger partial charge in [0.15, 0.2) is 0 Å². The van der Waals surface area contributed by atoms with E-state index in [1.54, 1.807) is 0 Å². The van der Waals surface area contributed by atoms with Gasteiger partial charge >= 0.3 is 0 Å². The van der Waals surface area contributed by atoms with Crippen LogP contribution in [-0.2, 0) is 32.9 Å². The molecule has 0 saturated heterocycles. The van der Waals surface area contributed by atoms with Gasteiger partial charge in [0.1, 0.15) is 0 Å². The average Bonchev–Trinajstić information content (AvgIpc) is 3.26. The third kappa shape index (κ3) is 13.5. The van der Waals surface area contributed by atoms with Crippen LogP contribution in [0.4, 0.5) is 5.69 Å². The molecule has 5 aromatic rings. The third-order valence-electron chi connectivity index (χ3n) is 7.26. The summed E-state index contributed by atoms with van der Waals surface area (Å²) in [6, 6.07) is 36.3. The Bertz CT molecular complexity index is 1380. The van der Waals surface area contributed by atoms with Gasteiger partial charge in [-0.25, -0.2) is 0 Å². The topological polar surface area (TPSA) is 31.9 Å². The number of rotatable bonds is 5. The van der Waals surface area contributed by atoms with Crippen LogP contribution in [0.3, 0.4) is 0 Å². The number of hydrogen-bond donors (Lipinski definition) is 0. The largest absolute Gasteiger partial charge is 0.677 e. The van der Waals surface area contributed by atoms with Crippen molar-refractivity contribution in [2.45, 2.75) is 66.3 Å². The van der Waals surface area contributed by atoms with E-state index in [1.807, 2.05) is 103 Å². The van der Waals surface area contributed by atoms with Crippen LogP contribution in [0.25, 0.3) is 5.32 Å². The second-order valence-corrected chi connectivity index (χ2v) is 11.6. The number of benzene rings is 4. The molecule has 0 aliphatic carbocycles. The molecule has 0 radical (unpaired) electrons. The van der Waals surface area contributed by atoms with Crippen molar-refractivity contribution in [3.05, 3.63) is 180 Å². The van der Waals surface area contributed by atoms with Gasteiger partial charge < -0.3 is 5.32 Å². The standard InChI is InChI=1S/C20H30N3.3C7H7.Hf/c1-12(2)17-10-9-11-18(13(3)4)20(17)21-15(6)19-14(5)16(7)23(8)22-19;3*1-7-5-3-2-4-6-7;/h9-13,15H,1-8H3;3*2-6H,1H2;/q4*-1;. The number of para-hydroxylation sites is 1. The van der Waals surface area contributed by atoms with Crippen molar-refractivity contribution in [1.29, 1.82) is 0 Å². The summed E-state index contributed by atoms with van der Waals surface area (Å²) in [7, 11) is 2.00. The Labute approximate surface area is 293 Å². The van der Waals surface area contributed by atoms with Crippen molar-refractivity contribution < 1.29 is 25.8 Å². The summed E-state index contributed by atoms with van der Waals surface area (Å²) in [5.74, 6) is 0.928. The molecule has 0 fully saturated rings. The van der Waals surface area contributed by atoms with Crippen LogP contribution in [0.15, 0.2) is 109 Å². The first-order valence-electron chi connectivity index (χ1n) is 15.4. The molecule has 1 heterocycles. The summed E-state index contributed by atoms with van der Waals surface area (Å²) in [6.45, 7) is 26.5. The molecule has 0 saturated carbocycles. The van der Waals surface area contributed by atoms with E-state index >= 15 is 0 Å². The van der Waals surface area contributed by atoms with E-state index in [9.17, 15) is 0 Å². The first kappa shape index (κ1) is 39.4. The summed E-state index contributed by atoms with van der Waals surface area (Å²) < 4.78 is 1.95. The predicted octanol–water partition coefficient (Wildman–Crippen LogP) is 11.7. The van der Waals surface area contributed by atoms with Crippen LogP contribution in [0.1, 0.15) is 97.3 Å². The first-order chi connectivity index (χ1) is 20.9. The number of aromatic nitrogens is 2. The minimum Gasteiger partial charge on any atom is -0.677 e. The Morgan fingerprint density at radius 2 is 0.933 bits per heavy atom. The second kappa shape index (κ2) is 20.4. The summed E-state index contributed by atoms with van der Waals surface area (Å²) in [4.78, 5) is 0. The Balaban J connectivity index is 0.000000370. The maximum atomic E-state index is 5.11. The summed E-state index contributed by atoms with van der Waals surface area (Å²) in [6.07, 6.45) is 0. The van der Waals surface area contributed by atoms with Crippen LogP contribution >= 0.6 is 0 Å². The zero-order valence-corrected chi connectivity index (χ0v) is 32.2. The van der Waals surface area contributed by atoms with Gasteiger partial charge in [-0.2, -0.15) is 79.0 Å². The maximum Gasteiger partial charge on any atom is 0.0509 e. The van der Waals surface area contributed by atoms with Crippen molar-refractivity contribution in [1.82, 2.24) is 9.78 Å². The van der Waals surface area contributed by atoms with Gasteiger partial charge in [-0.1, -0.05) is 88.2 Å². The van der Waals surface area contributed by atoms with Gasteiger partial charge in [-0.05, 0) is 31.2 Å². The molecule has 3 nitrogen and oxygen atoms in total. The smallest absolute Gasteiger partial charge is 0.0509 e. The van der Waals surface area contributed by atoms with Crippen LogP contribution in [0.5, 0.6) is 0 Å². The minimum absolute atomic E-state index is 0. The molecule has 0 spiro atoms. The normalized spacial score (nSPS) is 10.6. The van der Waals surface area contributed by atoms with E-state index in [0.29, 0.717) is 11.8 Å². The molecule has 0 amide bonds. The van der Waals surface area contributed by atoms with Crippen LogP contribution in [0.2, 0.25) is 0 Å². The third-order valence-corrected chi connectivity index (χ3v) is 7.26. The molecule has 5 rings (SSSR count). The van der Waals surface area contributed by atoms with Gasteiger partial charge in [0.2, 0.25) is 0 Å². The van der Waals surface area contributed by atoms with Crippen molar-refractivity contribution >= 4 is 5.69 Å². The quantitative estimate of drug-likeness (QED) is 0.130. The fraction of sp³-hybridized carbons (Fsp3) is 0.268. The van der Waals surface area contributed by atoms with Crippen molar-refractivity contribution in [3.8, 4) is 0 Å². The monoisotopic (exact) mass is 765 g/mol. The Hall–Kier alpha value is -3.63. The van der Waals surface area contributed by atoms with E-state index in [1.165, 1.54) is 22.4 Å². The summed E-state index contributed by atoms with van der Waals surface area (Å²) >= 11 is 0. The fourth-order valence-corrected chi connectivity index (χ4v) is 4.49. The molecule has 0 bridgehead atoms. The molecular weight excluding hydrogens is 713 g/mol. The van der Waals surface area contributed by atoms with E-state index < -0.39 is 0 Å². The van der Waals surface area contributed by atoms with Crippen LogP contribution in [-0.4, -0.2) is 9.78 Å². The summed E-state index contributed by atoms with van der Waals surface area (Å²) in [5, 5.41) is 9.79. The van der Waals surface area contributed by atoms with Crippen LogP contribution < -0.4 is 0 Å². The number of aryl methyl sites for hydroxylation is 1. The Morgan fingerprint density at radius 3 is 1.18 bits per heavy atom. The molecule has 1 unspecified atom stereocenters. The van der Waals surface area contributed by atoms with Gasteiger partial charge in [0.25, 0.3) is 0 Å². The molecule has 0 aliphatic rings. The van der Waals surface area contributed by atoms with Crippen molar-refractivity contribution in [2.75, 3.05) is 0 Å². The first-order valence-corrected chi connectivity index (χ1v) is 15.4. The SMILES string of the molecule is Cc1c(C(C)[N-]c2c(C(C)C)cccc2C(C)C)nn(C)c1C.[CH2-]c1ccccc1.[CH2-]c1ccccc1.[CH2-]c1ccccc1.[Hf]. The second-order valence-electron chi connectivity index (χ2n) is 11.6. The average molecular weight is 764 g/mol. The molecule has 4 aromatic carbocycles. The molecule has 45 heavy (non-hydrogen) atoms. The van der Waals surface area contributed by atoms with E-state index in [2.05, 4.69) is 92.5 Å². The predicted molar refractivity (Wildman–Crippen MR) is 191 cm³/mol. The fourth-order valence-electron chi connectivity index (χ4n) is 4.49. The number of nitrogens with zero attached hydrogens (tertiary/aromatic N) is 3. The van der Waals surface area contributed by atoms with Crippen LogP contribution in [0, 0.1) is 34.6 Å². The summed E-state index contributed by atoms with van der Waals surface area (Å²) in [5.41, 5.74) is 10.6. The molecule has 1 atom stereocenters. The molecule has 0 aliphatic heterocycles. The van der Waals surface area contributed by atoms with Gasteiger partial charge in [-0.15, -0.1) is 42.1 Å². The van der Waals surface area contributed by atoms with Gasteiger partial charge in [0.05, 0.1) is 5.69 Å². The van der Waals surface area contributed by atoms with E-state index in [-0.39, 0.29) is 31.9 Å². The zero-order chi connectivity index (χ0) is 32.6. The van der Waals surface area contributed by atoms with Crippen molar-refractivity contribution in [2.24, 2.45) is 7.05 Å². The molecule has 1 aromatic heterocycles. The number of hydrogen-bond acceptors (Lipinski definition) is 1. The maximum absolute atomic E-state index is 5.11. The van der Waals surface area contributed by atoms with E-state index in [0.717, 1.165) is 28.1 Å². The Kier molecular flexibility index (Phi) is 17.9. The molecule has 0 N–H and O–H groups in total. The van der Waals surface area contributed by atoms with Crippen molar-refractivity contribution in [3.63, 3.8) is 0 Å². The minimum atomic E-state index is 0. The van der Waals surface area contributed by atoms with E-state index in [4.69, 9.17) is 5.32 Å². The zero-order valence-electron chi connectivity index (χ0n) is 28.6. The molecule has 238 valence electrons. The molecular formula is C41H51HfN3-4.